The van der Waals surface area contributed by atoms with Crippen LogP contribution in [0.15, 0.2) is 36.4 Å². The predicted octanol–water partition coefficient (Wildman–Crippen LogP) is 5.66. The van der Waals surface area contributed by atoms with E-state index in [0.717, 1.165) is 28.0 Å². The van der Waals surface area contributed by atoms with Crippen molar-refractivity contribution in [1.29, 1.82) is 0 Å². The third kappa shape index (κ3) is 3.69. The summed E-state index contributed by atoms with van der Waals surface area (Å²) in [5, 5.41) is 10.8. The summed E-state index contributed by atoms with van der Waals surface area (Å²) in [6, 6.07) is 12.2. The highest BCUT2D eigenvalue weighted by molar-refractivity contribution is 5.70. The molecule has 0 unspecified atom stereocenters. The monoisotopic (exact) mass is 312 g/mol. The Balaban J connectivity index is 2.74. The molecule has 2 aromatic carbocycles. The van der Waals surface area contributed by atoms with Crippen molar-refractivity contribution >= 4 is 0 Å². The molecule has 23 heavy (non-hydrogen) atoms. The van der Waals surface area contributed by atoms with E-state index < -0.39 is 0 Å². The fourth-order valence-electron chi connectivity index (χ4n) is 2.75. The van der Waals surface area contributed by atoms with Gasteiger partial charge in [0.2, 0.25) is 0 Å². The van der Waals surface area contributed by atoms with Crippen LogP contribution in [0.5, 0.6) is 11.5 Å². The zero-order chi connectivity index (χ0) is 17.4. The number of hydrogen-bond acceptors (Lipinski definition) is 2. The Morgan fingerprint density at radius 2 is 1.30 bits per heavy atom. The fraction of sp³-hybridized carbons (Fsp3) is 0.429. The van der Waals surface area contributed by atoms with E-state index in [2.05, 4.69) is 59.7 Å². The van der Waals surface area contributed by atoms with Gasteiger partial charge in [-0.2, -0.15) is 0 Å². The van der Waals surface area contributed by atoms with Crippen molar-refractivity contribution in [2.75, 3.05) is 7.11 Å². The number of aromatic hydroxyl groups is 1. The molecule has 0 amide bonds. The molecule has 0 aromatic heterocycles. The highest BCUT2D eigenvalue weighted by atomic mass is 16.5. The van der Waals surface area contributed by atoms with E-state index >= 15 is 0 Å². The maximum atomic E-state index is 10.8. The number of methoxy groups -OCH3 is 1. The lowest BCUT2D eigenvalue weighted by atomic mass is 9.78. The Morgan fingerprint density at radius 3 is 1.74 bits per heavy atom. The van der Waals surface area contributed by atoms with Gasteiger partial charge in [0, 0.05) is 11.1 Å². The van der Waals surface area contributed by atoms with E-state index in [1.54, 1.807) is 7.11 Å². The molecule has 0 saturated carbocycles. The van der Waals surface area contributed by atoms with Gasteiger partial charge in [-0.05, 0) is 46.2 Å². The van der Waals surface area contributed by atoms with Crippen molar-refractivity contribution in [1.82, 2.24) is 0 Å². The van der Waals surface area contributed by atoms with Crippen LogP contribution in [0.1, 0.15) is 52.7 Å². The first-order valence-corrected chi connectivity index (χ1v) is 8.06. The topological polar surface area (TPSA) is 29.5 Å². The molecular formula is C21H28O2. The molecule has 2 aromatic rings. The Labute approximate surface area is 140 Å². The van der Waals surface area contributed by atoms with Gasteiger partial charge < -0.3 is 9.84 Å². The van der Waals surface area contributed by atoms with Gasteiger partial charge in [-0.15, -0.1) is 0 Å². The first kappa shape index (κ1) is 17.4. The highest BCUT2D eigenvalue weighted by Gasteiger charge is 2.26. The number of hydrogen-bond donors (Lipinski definition) is 1. The SMILES string of the molecule is COc1cccc(-c2cc(C(C)(C)C)c(O)c(C(C)(C)C)c2)c1. The van der Waals surface area contributed by atoms with E-state index in [-0.39, 0.29) is 10.8 Å². The summed E-state index contributed by atoms with van der Waals surface area (Å²) in [4.78, 5) is 0. The molecule has 0 aliphatic rings. The van der Waals surface area contributed by atoms with Gasteiger partial charge in [0.15, 0.2) is 0 Å². The van der Waals surface area contributed by atoms with Gasteiger partial charge in [0.1, 0.15) is 11.5 Å². The van der Waals surface area contributed by atoms with Gasteiger partial charge in [0.25, 0.3) is 0 Å². The van der Waals surface area contributed by atoms with E-state index in [9.17, 15) is 5.11 Å². The second kappa shape index (κ2) is 5.92. The minimum atomic E-state index is -0.126. The molecule has 124 valence electrons. The van der Waals surface area contributed by atoms with Gasteiger partial charge in [-0.1, -0.05) is 53.7 Å². The summed E-state index contributed by atoms with van der Waals surface area (Å²) in [5.41, 5.74) is 3.90. The number of phenols is 1. The molecule has 0 aliphatic heterocycles. The molecular weight excluding hydrogens is 284 g/mol. The average Bonchev–Trinajstić information content (AvgIpc) is 2.45. The van der Waals surface area contributed by atoms with Gasteiger partial charge in [-0.3, -0.25) is 0 Å². The Bertz CT molecular complexity index is 666. The van der Waals surface area contributed by atoms with Crippen molar-refractivity contribution in [3.8, 4) is 22.6 Å². The second-order valence-electron chi connectivity index (χ2n) is 8.15. The molecule has 2 nitrogen and oxygen atoms in total. The summed E-state index contributed by atoms with van der Waals surface area (Å²) in [5.74, 6) is 1.25. The summed E-state index contributed by atoms with van der Waals surface area (Å²) in [6.07, 6.45) is 0. The van der Waals surface area contributed by atoms with Crippen LogP contribution >= 0.6 is 0 Å². The van der Waals surface area contributed by atoms with Crippen molar-refractivity contribution in [3.05, 3.63) is 47.5 Å². The molecule has 0 atom stereocenters. The van der Waals surface area contributed by atoms with E-state index in [1.165, 1.54) is 0 Å². The maximum absolute atomic E-state index is 10.8. The molecule has 2 rings (SSSR count). The normalized spacial score (nSPS) is 12.3. The molecule has 0 spiro atoms. The number of ether oxygens (including phenoxy) is 1. The third-order valence-electron chi connectivity index (χ3n) is 4.13. The van der Waals surface area contributed by atoms with E-state index in [4.69, 9.17) is 4.74 Å². The molecule has 1 N–H and O–H groups in total. The average molecular weight is 312 g/mol. The van der Waals surface area contributed by atoms with E-state index in [1.807, 2.05) is 18.2 Å². The molecule has 0 heterocycles. The molecule has 0 radical (unpaired) electrons. The van der Waals surface area contributed by atoms with Gasteiger partial charge in [0.05, 0.1) is 7.11 Å². The molecule has 0 bridgehead atoms. The first-order valence-electron chi connectivity index (χ1n) is 8.06. The predicted molar refractivity (Wildman–Crippen MR) is 97.5 cm³/mol. The van der Waals surface area contributed by atoms with Crippen LogP contribution in [0.4, 0.5) is 0 Å². The van der Waals surface area contributed by atoms with Crippen LogP contribution in [0.3, 0.4) is 0 Å². The quantitative estimate of drug-likeness (QED) is 0.775. The largest absolute Gasteiger partial charge is 0.507 e. The first-order chi connectivity index (χ1) is 10.5. The lowest BCUT2D eigenvalue weighted by molar-refractivity contribution is 0.415. The molecule has 0 aliphatic carbocycles. The minimum absolute atomic E-state index is 0.126. The zero-order valence-corrected chi connectivity index (χ0v) is 15.3. The van der Waals surface area contributed by atoms with Gasteiger partial charge in [-0.25, -0.2) is 0 Å². The van der Waals surface area contributed by atoms with Gasteiger partial charge >= 0.3 is 0 Å². The molecule has 0 saturated heterocycles. The zero-order valence-electron chi connectivity index (χ0n) is 15.3. The summed E-state index contributed by atoms with van der Waals surface area (Å²) in [7, 11) is 1.68. The maximum Gasteiger partial charge on any atom is 0.123 e. The standard InChI is InChI=1S/C21H28O2/c1-20(2,3)17-12-15(13-18(19(17)22)21(4,5)6)14-9-8-10-16(11-14)23-7/h8-13,22H,1-7H3. The van der Waals surface area contributed by atoms with Crippen LogP contribution < -0.4 is 4.74 Å². The van der Waals surface area contributed by atoms with E-state index in [0.29, 0.717) is 5.75 Å². The highest BCUT2D eigenvalue weighted by Crippen LogP contribution is 2.42. The molecule has 0 fully saturated rings. The Hall–Kier alpha value is -1.96. The fourth-order valence-corrected chi connectivity index (χ4v) is 2.75. The Kier molecular flexibility index (Phi) is 4.48. The Morgan fingerprint density at radius 1 is 0.783 bits per heavy atom. The minimum Gasteiger partial charge on any atom is -0.507 e. The summed E-state index contributed by atoms with van der Waals surface area (Å²) >= 11 is 0. The second-order valence-corrected chi connectivity index (χ2v) is 8.15. The van der Waals surface area contributed by atoms with Crippen LogP contribution in [0, 0.1) is 0 Å². The lowest BCUT2D eigenvalue weighted by Crippen LogP contribution is -2.17. The van der Waals surface area contributed by atoms with Crippen molar-refractivity contribution < 1.29 is 9.84 Å². The summed E-state index contributed by atoms with van der Waals surface area (Å²) in [6.45, 7) is 12.8. The van der Waals surface area contributed by atoms with Crippen LogP contribution in [0.2, 0.25) is 0 Å². The smallest absolute Gasteiger partial charge is 0.123 e. The van der Waals surface area contributed by atoms with Crippen LogP contribution in [0.25, 0.3) is 11.1 Å². The number of phenolic OH excluding ortho intramolecular Hbond substituents is 1. The van der Waals surface area contributed by atoms with Crippen LogP contribution in [-0.2, 0) is 10.8 Å². The van der Waals surface area contributed by atoms with Crippen molar-refractivity contribution in [2.24, 2.45) is 0 Å². The van der Waals surface area contributed by atoms with Crippen molar-refractivity contribution in [2.45, 2.75) is 52.4 Å². The number of benzene rings is 2. The lowest BCUT2D eigenvalue weighted by Gasteiger charge is -2.28. The third-order valence-corrected chi connectivity index (χ3v) is 4.13. The van der Waals surface area contributed by atoms with Crippen LogP contribution in [-0.4, -0.2) is 12.2 Å². The number of rotatable bonds is 2. The molecule has 2 heteroatoms. The van der Waals surface area contributed by atoms with Crippen molar-refractivity contribution in [3.63, 3.8) is 0 Å². The summed E-state index contributed by atoms with van der Waals surface area (Å²) < 4.78 is 5.35.